The maximum atomic E-state index is 6.22. The van der Waals surface area contributed by atoms with Crippen LogP contribution in [0, 0.1) is 0 Å². The molecule has 0 N–H and O–H groups in total. The molecule has 1 aliphatic carbocycles. The Balaban J connectivity index is 1.89. The number of hydrogen-bond acceptors (Lipinski definition) is 3. The van der Waals surface area contributed by atoms with Crippen molar-refractivity contribution in [2.45, 2.75) is 50.9 Å². The lowest BCUT2D eigenvalue weighted by atomic mass is 9.90. The molecule has 0 amide bonds. The third-order valence-electron chi connectivity index (χ3n) is 4.18. The first kappa shape index (κ1) is 14.5. The second kappa shape index (κ2) is 6.56. The number of halogens is 1. The molecule has 0 aromatic carbocycles. The molecule has 3 rings (SSSR count). The Morgan fingerprint density at radius 3 is 2.48 bits per heavy atom. The second-order valence-corrected chi connectivity index (χ2v) is 6.27. The molecule has 0 spiro atoms. The van der Waals surface area contributed by atoms with E-state index < -0.39 is 0 Å². The first-order chi connectivity index (χ1) is 10.2. The van der Waals surface area contributed by atoms with Crippen LogP contribution in [0.1, 0.15) is 56.7 Å². The third kappa shape index (κ3) is 3.62. The van der Waals surface area contributed by atoms with E-state index in [4.69, 9.17) is 16.6 Å². The predicted octanol–water partition coefficient (Wildman–Crippen LogP) is 4.36. The molecule has 2 heterocycles. The van der Waals surface area contributed by atoms with E-state index in [1.807, 2.05) is 25.5 Å². The number of aryl methyl sites for hydroxylation is 1. The molecule has 0 radical (unpaired) electrons. The Labute approximate surface area is 130 Å². The van der Waals surface area contributed by atoms with Gasteiger partial charge in [-0.25, -0.2) is 9.97 Å². The van der Waals surface area contributed by atoms with E-state index in [9.17, 15) is 0 Å². The molecule has 0 aliphatic heterocycles. The van der Waals surface area contributed by atoms with Crippen molar-refractivity contribution < 1.29 is 0 Å². The highest BCUT2D eigenvalue weighted by atomic mass is 35.5. The predicted molar refractivity (Wildman–Crippen MR) is 84.3 cm³/mol. The van der Waals surface area contributed by atoms with Crippen molar-refractivity contribution in [2.24, 2.45) is 7.05 Å². The first-order valence-corrected chi connectivity index (χ1v) is 8.13. The Kier molecular flexibility index (Phi) is 4.54. The molecule has 0 bridgehead atoms. The lowest BCUT2D eigenvalue weighted by molar-refractivity contribution is 0.442. The molecule has 1 aliphatic rings. The molecule has 0 saturated heterocycles. The van der Waals surface area contributed by atoms with Crippen LogP contribution in [0.2, 0.25) is 5.15 Å². The third-order valence-corrected chi connectivity index (χ3v) is 4.38. The average Bonchev–Trinajstić information content (AvgIpc) is 2.84. The molecular formula is C16H21ClN4. The number of hydrogen-bond donors (Lipinski definition) is 0. The van der Waals surface area contributed by atoms with E-state index in [1.165, 1.54) is 44.9 Å². The maximum Gasteiger partial charge on any atom is 0.133 e. The number of rotatable bonds is 2. The van der Waals surface area contributed by atoms with E-state index in [-0.39, 0.29) is 0 Å². The summed E-state index contributed by atoms with van der Waals surface area (Å²) in [5.41, 5.74) is 1.87. The van der Waals surface area contributed by atoms with E-state index >= 15 is 0 Å². The fourth-order valence-corrected chi connectivity index (χ4v) is 3.22. The van der Waals surface area contributed by atoms with Crippen molar-refractivity contribution in [1.29, 1.82) is 0 Å². The van der Waals surface area contributed by atoms with Crippen LogP contribution in [0.15, 0.2) is 18.5 Å². The summed E-state index contributed by atoms with van der Waals surface area (Å²) in [5.74, 6) is 1.35. The quantitative estimate of drug-likeness (QED) is 0.774. The molecule has 0 unspecified atom stereocenters. The van der Waals surface area contributed by atoms with Gasteiger partial charge >= 0.3 is 0 Å². The molecule has 4 nitrogen and oxygen atoms in total. The molecule has 1 saturated carbocycles. The van der Waals surface area contributed by atoms with E-state index in [0.717, 1.165) is 17.1 Å². The minimum atomic E-state index is 0.444. The van der Waals surface area contributed by atoms with Crippen LogP contribution < -0.4 is 0 Å². The monoisotopic (exact) mass is 304 g/mol. The lowest BCUT2D eigenvalue weighted by Gasteiger charge is -2.18. The van der Waals surface area contributed by atoms with Crippen molar-refractivity contribution in [1.82, 2.24) is 19.7 Å². The van der Waals surface area contributed by atoms with Crippen molar-refractivity contribution in [3.8, 4) is 11.3 Å². The number of nitrogens with zero attached hydrogens (tertiary/aromatic N) is 4. The fraction of sp³-hybridized carbons (Fsp3) is 0.562. The topological polar surface area (TPSA) is 43.6 Å². The first-order valence-electron chi connectivity index (χ1n) is 7.76. The zero-order valence-electron chi connectivity index (χ0n) is 12.4. The van der Waals surface area contributed by atoms with Gasteiger partial charge in [-0.05, 0) is 12.8 Å². The summed E-state index contributed by atoms with van der Waals surface area (Å²) in [5, 5.41) is 4.73. The van der Waals surface area contributed by atoms with Crippen molar-refractivity contribution in [3.05, 3.63) is 29.4 Å². The van der Waals surface area contributed by atoms with Crippen LogP contribution in [-0.2, 0) is 7.05 Å². The summed E-state index contributed by atoms with van der Waals surface area (Å²) in [6, 6.07) is 1.82. The lowest BCUT2D eigenvalue weighted by Crippen LogP contribution is -2.08. The molecular weight excluding hydrogens is 284 g/mol. The van der Waals surface area contributed by atoms with Gasteiger partial charge in [0.15, 0.2) is 0 Å². The maximum absolute atomic E-state index is 6.22. The standard InChI is InChI=1S/C16H21ClN4/c1-21-11-13(10-18-21)14-9-15(17)20-16(19-14)12-7-5-3-2-4-6-8-12/h9-12H,2-8H2,1H3. The summed E-state index contributed by atoms with van der Waals surface area (Å²) in [7, 11) is 1.90. The van der Waals surface area contributed by atoms with Gasteiger partial charge in [-0.2, -0.15) is 5.10 Å². The Morgan fingerprint density at radius 2 is 1.81 bits per heavy atom. The van der Waals surface area contributed by atoms with Crippen molar-refractivity contribution in [2.75, 3.05) is 0 Å². The zero-order valence-corrected chi connectivity index (χ0v) is 13.2. The highest BCUT2D eigenvalue weighted by Gasteiger charge is 2.18. The summed E-state index contributed by atoms with van der Waals surface area (Å²) >= 11 is 6.22. The molecule has 2 aromatic rings. The van der Waals surface area contributed by atoms with Gasteiger partial charge in [0.1, 0.15) is 11.0 Å². The smallest absolute Gasteiger partial charge is 0.133 e. The van der Waals surface area contributed by atoms with Crippen LogP contribution in [0.5, 0.6) is 0 Å². The van der Waals surface area contributed by atoms with Crippen LogP contribution in [0.4, 0.5) is 0 Å². The van der Waals surface area contributed by atoms with Gasteiger partial charge in [-0.15, -0.1) is 0 Å². The Hall–Kier alpha value is -1.42. The molecule has 112 valence electrons. The normalized spacial score (nSPS) is 17.4. The van der Waals surface area contributed by atoms with Gasteiger partial charge in [0, 0.05) is 30.8 Å². The Bertz CT molecular complexity index is 600. The molecule has 5 heteroatoms. The van der Waals surface area contributed by atoms with Gasteiger partial charge in [-0.1, -0.05) is 43.7 Å². The van der Waals surface area contributed by atoms with Crippen LogP contribution in [-0.4, -0.2) is 19.7 Å². The van der Waals surface area contributed by atoms with Crippen molar-refractivity contribution in [3.63, 3.8) is 0 Å². The Morgan fingerprint density at radius 1 is 1.10 bits per heavy atom. The van der Waals surface area contributed by atoms with Crippen LogP contribution in [0.25, 0.3) is 11.3 Å². The molecule has 0 atom stereocenters. The van der Waals surface area contributed by atoms with E-state index in [2.05, 4.69) is 10.1 Å². The van der Waals surface area contributed by atoms with Gasteiger partial charge in [0.05, 0.1) is 11.9 Å². The largest absolute Gasteiger partial charge is 0.275 e. The van der Waals surface area contributed by atoms with Gasteiger partial charge in [0.2, 0.25) is 0 Å². The zero-order chi connectivity index (χ0) is 14.7. The van der Waals surface area contributed by atoms with Crippen molar-refractivity contribution >= 4 is 11.6 Å². The second-order valence-electron chi connectivity index (χ2n) is 5.88. The SMILES string of the molecule is Cn1cc(-c2cc(Cl)nc(C3CCCCCCC3)n2)cn1. The summed E-state index contributed by atoms with van der Waals surface area (Å²) in [6.07, 6.45) is 12.7. The minimum absolute atomic E-state index is 0.444. The number of aromatic nitrogens is 4. The van der Waals surface area contributed by atoms with Gasteiger partial charge in [-0.3, -0.25) is 4.68 Å². The summed E-state index contributed by atoms with van der Waals surface area (Å²) < 4.78 is 1.78. The van der Waals surface area contributed by atoms with Crippen LogP contribution in [0.3, 0.4) is 0 Å². The molecule has 2 aromatic heterocycles. The van der Waals surface area contributed by atoms with Gasteiger partial charge in [0.25, 0.3) is 0 Å². The molecule has 21 heavy (non-hydrogen) atoms. The van der Waals surface area contributed by atoms with E-state index in [0.29, 0.717) is 11.1 Å². The van der Waals surface area contributed by atoms with Gasteiger partial charge < -0.3 is 0 Å². The summed E-state index contributed by atoms with van der Waals surface area (Å²) in [6.45, 7) is 0. The molecule has 1 fully saturated rings. The van der Waals surface area contributed by atoms with E-state index in [1.54, 1.807) is 4.68 Å². The minimum Gasteiger partial charge on any atom is -0.275 e. The highest BCUT2D eigenvalue weighted by molar-refractivity contribution is 6.29. The van der Waals surface area contributed by atoms with Crippen LogP contribution >= 0.6 is 11.6 Å². The highest BCUT2D eigenvalue weighted by Crippen LogP contribution is 2.31. The fourth-order valence-electron chi connectivity index (χ4n) is 3.03. The average molecular weight is 305 g/mol. The summed E-state index contributed by atoms with van der Waals surface area (Å²) in [4.78, 5) is 9.25.